The number of carbonyl (C=O) groups excluding carboxylic acids is 1. The van der Waals surface area contributed by atoms with Crippen LogP contribution in [0.4, 0.5) is 0 Å². The third-order valence-corrected chi connectivity index (χ3v) is 7.26. The Morgan fingerprint density at radius 1 is 0.433 bits per heavy atom. The van der Waals surface area contributed by atoms with Crippen molar-refractivity contribution in [2.45, 2.75) is 168 Å². The minimum absolute atomic E-state index is 0.438. The molecule has 0 amide bonds. The zero-order valence-electron chi connectivity index (χ0n) is 21.0. The Hall–Kier alpha value is 0.0200. The largest absolute Gasteiger partial charge is 0.287 e. The standard InChI is InChI=1S/C28H56OS/c1-3-5-7-9-11-13-14-15-16-17-19-21-23-25-27-30-28(29)26-24-22-20-18-12-10-8-6-4-2/h3-27H2,1-2H3. The maximum absolute atomic E-state index is 11.9. The van der Waals surface area contributed by atoms with Gasteiger partial charge in [0, 0.05) is 12.2 Å². The minimum Gasteiger partial charge on any atom is -0.287 e. The van der Waals surface area contributed by atoms with Crippen LogP contribution >= 0.6 is 11.8 Å². The van der Waals surface area contributed by atoms with Gasteiger partial charge in [0.25, 0.3) is 0 Å². The van der Waals surface area contributed by atoms with Crippen molar-refractivity contribution < 1.29 is 4.79 Å². The van der Waals surface area contributed by atoms with Gasteiger partial charge < -0.3 is 0 Å². The van der Waals surface area contributed by atoms with Crippen LogP contribution in [0.15, 0.2) is 0 Å². The lowest BCUT2D eigenvalue weighted by molar-refractivity contribution is -0.111. The lowest BCUT2D eigenvalue weighted by atomic mass is 10.0. The summed E-state index contributed by atoms with van der Waals surface area (Å²) in [6, 6.07) is 0. The van der Waals surface area contributed by atoms with Crippen LogP contribution in [0, 0.1) is 0 Å². The zero-order valence-corrected chi connectivity index (χ0v) is 21.8. The summed E-state index contributed by atoms with van der Waals surface area (Å²) in [6.07, 6.45) is 32.4. The van der Waals surface area contributed by atoms with Gasteiger partial charge >= 0.3 is 0 Å². The van der Waals surface area contributed by atoms with Crippen molar-refractivity contribution in [1.82, 2.24) is 0 Å². The molecule has 0 spiro atoms. The summed E-state index contributed by atoms with van der Waals surface area (Å²) in [5, 5.41) is 0.438. The van der Waals surface area contributed by atoms with Gasteiger partial charge in [0.2, 0.25) is 0 Å². The lowest BCUT2D eigenvalue weighted by Gasteiger charge is -2.04. The highest BCUT2D eigenvalue weighted by Gasteiger charge is 2.02. The molecular formula is C28H56OS. The maximum Gasteiger partial charge on any atom is 0.188 e. The van der Waals surface area contributed by atoms with Gasteiger partial charge in [-0.05, 0) is 12.8 Å². The van der Waals surface area contributed by atoms with E-state index >= 15 is 0 Å². The SMILES string of the molecule is CCCCCCCCCCCCCCCCSC(=O)CCCCCCCCCCC. The molecule has 2 heteroatoms. The van der Waals surface area contributed by atoms with Crippen molar-refractivity contribution in [2.24, 2.45) is 0 Å². The molecule has 0 aliphatic rings. The monoisotopic (exact) mass is 440 g/mol. The van der Waals surface area contributed by atoms with E-state index in [1.165, 1.54) is 141 Å². The minimum atomic E-state index is 0.438. The Balaban J connectivity index is 3.12. The van der Waals surface area contributed by atoms with E-state index in [2.05, 4.69) is 13.8 Å². The second-order valence-corrected chi connectivity index (χ2v) is 10.5. The summed E-state index contributed by atoms with van der Waals surface area (Å²) in [4.78, 5) is 11.9. The van der Waals surface area contributed by atoms with Gasteiger partial charge in [-0.1, -0.05) is 160 Å². The maximum atomic E-state index is 11.9. The van der Waals surface area contributed by atoms with Crippen LogP contribution in [0.1, 0.15) is 168 Å². The van der Waals surface area contributed by atoms with Gasteiger partial charge in [-0.25, -0.2) is 0 Å². The molecule has 0 rings (SSSR count). The molecule has 180 valence electrons. The van der Waals surface area contributed by atoms with Crippen molar-refractivity contribution in [3.05, 3.63) is 0 Å². The van der Waals surface area contributed by atoms with Crippen LogP contribution in [0.3, 0.4) is 0 Å². The summed E-state index contributed by atoms with van der Waals surface area (Å²) in [6.45, 7) is 4.56. The topological polar surface area (TPSA) is 17.1 Å². The number of unbranched alkanes of at least 4 members (excludes halogenated alkanes) is 21. The molecule has 0 N–H and O–H groups in total. The number of hydrogen-bond donors (Lipinski definition) is 0. The molecule has 0 aliphatic heterocycles. The fourth-order valence-corrected chi connectivity index (χ4v) is 5.00. The fraction of sp³-hybridized carbons (Fsp3) is 0.964. The van der Waals surface area contributed by atoms with E-state index in [1.807, 2.05) is 0 Å². The first-order valence-corrected chi connectivity index (χ1v) is 15.0. The van der Waals surface area contributed by atoms with E-state index < -0.39 is 0 Å². The molecule has 0 saturated carbocycles. The first kappa shape index (κ1) is 30.0. The van der Waals surface area contributed by atoms with Gasteiger partial charge in [0.15, 0.2) is 5.12 Å². The van der Waals surface area contributed by atoms with Crippen molar-refractivity contribution in [3.8, 4) is 0 Å². The number of carbonyl (C=O) groups is 1. The van der Waals surface area contributed by atoms with Crippen LogP contribution in [-0.2, 0) is 4.79 Å². The first-order chi connectivity index (χ1) is 14.8. The van der Waals surface area contributed by atoms with Crippen LogP contribution in [0.2, 0.25) is 0 Å². The van der Waals surface area contributed by atoms with E-state index in [-0.39, 0.29) is 0 Å². The lowest BCUT2D eigenvalue weighted by Crippen LogP contribution is -1.94. The molecule has 0 radical (unpaired) electrons. The summed E-state index contributed by atoms with van der Waals surface area (Å²) in [5.41, 5.74) is 0. The Bertz CT molecular complexity index is 329. The predicted molar refractivity (Wildman–Crippen MR) is 140 cm³/mol. The molecule has 0 saturated heterocycles. The molecule has 0 aromatic carbocycles. The van der Waals surface area contributed by atoms with Crippen LogP contribution < -0.4 is 0 Å². The van der Waals surface area contributed by atoms with E-state index in [0.29, 0.717) is 5.12 Å². The summed E-state index contributed by atoms with van der Waals surface area (Å²) < 4.78 is 0. The normalized spacial score (nSPS) is 11.3. The first-order valence-electron chi connectivity index (χ1n) is 14.0. The van der Waals surface area contributed by atoms with Crippen molar-refractivity contribution in [2.75, 3.05) is 5.75 Å². The third kappa shape index (κ3) is 26.1. The van der Waals surface area contributed by atoms with Gasteiger partial charge in [-0.2, -0.15) is 0 Å². The van der Waals surface area contributed by atoms with Crippen molar-refractivity contribution in [1.29, 1.82) is 0 Å². The Morgan fingerprint density at radius 2 is 0.733 bits per heavy atom. The Morgan fingerprint density at radius 3 is 1.10 bits per heavy atom. The van der Waals surface area contributed by atoms with Gasteiger partial charge in [-0.15, -0.1) is 0 Å². The highest BCUT2D eigenvalue weighted by Crippen LogP contribution is 2.16. The molecule has 0 bridgehead atoms. The Labute approximate surface area is 195 Å². The second kappa shape index (κ2) is 27.1. The smallest absolute Gasteiger partial charge is 0.188 e. The third-order valence-electron chi connectivity index (χ3n) is 6.25. The average molecular weight is 441 g/mol. The molecule has 0 heterocycles. The summed E-state index contributed by atoms with van der Waals surface area (Å²) in [7, 11) is 0. The highest BCUT2D eigenvalue weighted by atomic mass is 32.2. The number of rotatable bonds is 25. The highest BCUT2D eigenvalue weighted by molar-refractivity contribution is 8.13. The number of thioether (sulfide) groups is 1. The van der Waals surface area contributed by atoms with Crippen molar-refractivity contribution >= 4 is 16.9 Å². The second-order valence-electron chi connectivity index (χ2n) is 9.40. The zero-order chi connectivity index (χ0) is 22.0. The molecule has 30 heavy (non-hydrogen) atoms. The molecule has 0 aromatic heterocycles. The molecule has 0 fully saturated rings. The summed E-state index contributed by atoms with van der Waals surface area (Å²) in [5.74, 6) is 1.05. The van der Waals surface area contributed by atoms with Gasteiger partial charge in [0.1, 0.15) is 0 Å². The van der Waals surface area contributed by atoms with Crippen LogP contribution in [0.25, 0.3) is 0 Å². The van der Waals surface area contributed by atoms with Crippen molar-refractivity contribution in [3.63, 3.8) is 0 Å². The van der Waals surface area contributed by atoms with E-state index in [0.717, 1.165) is 18.6 Å². The molecule has 0 aliphatic carbocycles. The van der Waals surface area contributed by atoms with Gasteiger partial charge in [0.05, 0.1) is 0 Å². The van der Waals surface area contributed by atoms with Gasteiger partial charge in [-0.3, -0.25) is 4.79 Å². The molecular weight excluding hydrogens is 384 g/mol. The molecule has 0 atom stereocenters. The van der Waals surface area contributed by atoms with Crippen LogP contribution in [-0.4, -0.2) is 10.9 Å². The van der Waals surface area contributed by atoms with E-state index in [9.17, 15) is 4.79 Å². The van der Waals surface area contributed by atoms with Crippen LogP contribution in [0.5, 0.6) is 0 Å². The Kier molecular flexibility index (Phi) is 27.1. The molecule has 0 unspecified atom stereocenters. The predicted octanol–water partition coefficient (Wildman–Crippen LogP) is 10.6. The summed E-state index contributed by atoms with van der Waals surface area (Å²) >= 11 is 1.60. The van der Waals surface area contributed by atoms with E-state index in [1.54, 1.807) is 11.8 Å². The molecule has 0 aromatic rings. The molecule has 1 nitrogen and oxygen atoms in total. The quantitative estimate of drug-likeness (QED) is 0.131. The fourth-order valence-electron chi connectivity index (χ4n) is 4.13. The van der Waals surface area contributed by atoms with E-state index in [4.69, 9.17) is 0 Å². The average Bonchev–Trinajstić information content (AvgIpc) is 2.75. The number of hydrogen-bond acceptors (Lipinski definition) is 2.